The van der Waals surface area contributed by atoms with Gasteiger partial charge in [0.05, 0.1) is 0 Å². The summed E-state index contributed by atoms with van der Waals surface area (Å²) >= 11 is 1.36. The molecule has 0 aliphatic carbocycles. The largest absolute Gasteiger partial charge is 0.489 e. The lowest BCUT2D eigenvalue weighted by atomic mass is 10.1. The maximum Gasteiger partial charge on any atom is 0.150 e. The Balaban J connectivity index is 1.87. The zero-order valence-corrected chi connectivity index (χ0v) is 13.0. The molecule has 0 atom stereocenters. The molecule has 0 radical (unpaired) electrons. The van der Waals surface area contributed by atoms with Crippen molar-refractivity contribution < 1.29 is 9.53 Å². The van der Waals surface area contributed by atoms with Crippen LogP contribution >= 0.6 is 11.3 Å². The molecule has 23 heavy (non-hydrogen) atoms. The van der Waals surface area contributed by atoms with Gasteiger partial charge in [-0.15, -0.1) is 11.3 Å². The van der Waals surface area contributed by atoms with Gasteiger partial charge in [0, 0.05) is 16.0 Å². The van der Waals surface area contributed by atoms with Crippen molar-refractivity contribution in [2.75, 3.05) is 0 Å². The number of thiophene rings is 1. The molecular weight excluding hydrogens is 306 g/mol. The zero-order chi connectivity index (χ0) is 16.1. The van der Waals surface area contributed by atoms with Crippen LogP contribution in [0.15, 0.2) is 60.7 Å². The molecular formula is C19H13NO2S. The number of ether oxygens (including phenoxy) is 1. The molecule has 112 valence electrons. The number of carbonyl (C=O) groups excluding carboxylic acids is 1. The summed E-state index contributed by atoms with van der Waals surface area (Å²) in [5, 5.41) is 8.96. The minimum atomic E-state index is 0.467. The van der Waals surface area contributed by atoms with Crippen LogP contribution in [0.3, 0.4) is 0 Å². The van der Waals surface area contributed by atoms with Crippen LogP contribution in [0.4, 0.5) is 0 Å². The first-order chi connectivity index (χ1) is 11.3. The fourth-order valence-corrected chi connectivity index (χ4v) is 3.07. The van der Waals surface area contributed by atoms with E-state index in [0.717, 1.165) is 22.3 Å². The van der Waals surface area contributed by atoms with Crippen molar-refractivity contribution in [3.05, 3.63) is 76.7 Å². The third kappa shape index (κ3) is 3.47. The highest BCUT2D eigenvalue weighted by Gasteiger charge is 2.10. The minimum absolute atomic E-state index is 0.467. The SMILES string of the molecule is N#Cc1ccc(-c2cc(OCc3ccccc3)ccc2C=O)s1. The summed E-state index contributed by atoms with van der Waals surface area (Å²) in [7, 11) is 0. The Morgan fingerprint density at radius 1 is 1.09 bits per heavy atom. The average molecular weight is 319 g/mol. The second-order valence-electron chi connectivity index (χ2n) is 4.92. The van der Waals surface area contributed by atoms with Gasteiger partial charge < -0.3 is 4.74 Å². The number of nitrogens with zero attached hydrogens (tertiary/aromatic N) is 1. The highest BCUT2D eigenvalue weighted by Crippen LogP contribution is 2.32. The molecule has 2 aromatic carbocycles. The van der Waals surface area contributed by atoms with Gasteiger partial charge in [-0.25, -0.2) is 0 Å². The molecule has 3 rings (SSSR count). The smallest absolute Gasteiger partial charge is 0.150 e. The van der Waals surface area contributed by atoms with Crippen molar-refractivity contribution in [2.45, 2.75) is 6.61 Å². The van der Waals surface area contributed by atoms with E-state index in [1.807, 2.05) is 42.5 Å². The van der Waals surface area contributed by atoms with Crippen LogP contribution in [-0.2, 0) is 6.61 Å². The van der Waals surface area contributed by atoms with E-state index in [2.05, 4.69) is 6.07 Å². The average Bonchev–Trinajstić information content (AvgIpc) is 3.09. The molecule has 1 heterocycles. The topological polar surface area (TPSA) is 50.1 Å². The monoisotopic (exact) mass is 319 g/mol. The van der Waals surface area contributed by atoms with E-state index in [1.165, 1.54) is 11.3 Å². The first-order valence-electron chi connectivity index (χ1n) is 7.06. The van der Waals surface area contributed by atoms with Crippen LogP contribution in [0.1, 0.15) is 20.8 Å². The summed E-state index contributed by atoms with van der Waals surface area (Å²) in [6, 6.07) is 21.0. The second kappa shape index (κ2) is 6.91. The third-order valence-corrected chi connectivity index (χ3v) is 4.40. The predicted molar refractivity (Wildman–Crippen MR) is 90.6 cm³/mol. The maximum atomic E-state index is 11.3. The standard InChI is InChI=1S/C19H13NO2S/c20-11-17-8-9-19(23-17)18-10-16(7-6-15(18)12-21)22-13-14-4-2-1-3-5-14/h1-10,12H,13H2. The lowest BCUT2D eigenvalue weighted by molar-refractivity contribution is 0.112. The third-order valence-electron chi connectivity index (χ3n) is 3.38. The molecule has 0 bridgehead atoms. The zero-order valence-electron chi connectivity index (χ0n) is 12.2. The van der Waals surface area contributed by atoms with E-state index in [1.54, 1.807) is 18.2 Å². The van der Waals surface area contributed by atoms with Crippen molar-refractivity contribution >= 4 is 17.6 Å². The summed E-state index contributed by atoms with van der Waals surface area (Å²) in [5.74, 6) is 0.696. The van der Waals surface area contributed by atoms with Crippen LogP contribution in [-0.4, -0.2) is 6.29 Å². The van der Waals surface area contributed by atoms with E-state index < -0.39 is 0 Å². The fourth-order valence-electron chi connectivity index (χ4n) is 2.22. The molecule has 3 nitrogen and oxygen atoms in total. The Bertz CT molecular complexity index is 863. The minimum Gasteiger partial charge on any atom is -0.489 e. The Kier molecular flexibility index (Phi) is 4.51. The van der Waals surface area contributed by atoms with E-state index >= 15 is 0 Å². The van der Waals surface area contributed by atoms with Crippen molar-refractivity contribution in [2.24, 2.45) is 0 Å². The van der Waals surface area contributed by atoms with Gasteiger partial charge >= 0.3 is 0 Å². The van der Waals surface area contributed by atoms with Crippen LogP contribution in [0.2, 0.25) is 0 Å². The highest BCUT2D eigenvalue weighted by molar-refractivity contribution is 7.16. The molecule has 0 saturated carbocycles. The van der Waals surface area contributed by atoms with Gasteiger partial charge in [-0.1, -0.05) is 30.3 Å². The van der Waals surface area contributed by atoms with Gasteiger partial charge in [-0.05, 0) is 35.9 Å². The van der Waals surface area contributed by atoms with Gasteiger partial charge in [-0.3, -0.25) is 4.79 Å². The van der Waals surface area contributed by atoms with Gasteiger partial charge in [0.25, 0.3) is 0 Å². The van der Waals surface area contributed by atoms with E-state index in [9.17, 15) is 4.79 Å². The van der Waals surface area contributed by atoms with Crippen molar-refractivity contribution in [3.63, 3.8) is 0 Å². The Morgan fingerprint density at radius 3 is 2.61 bits per heavy atom. The van der Waals surface area contributed by atoms with E-state index in [-0.39, 0.29) is 0 Å². The van der Waals surface area contributed by atoms with Crippen molar-refractivity contribution in [3.8, 4) is 22.3 Å². The van der Waals surface area contributed by atoms with Gasteiger partial charge in [0.2, 0.25) is 0 Å². The second-order valence-corrected chi connectivity index (χ2v) is 6.00. The molecule has 0 saturated heterocycles. The molecule has 0 aliphatic rings. The lowest BCUT2D eigenvalue weighted by Crippen LogP contribution is -1.96. The predicted octanol–water partition coefficient (Wildman–Crippen LogP) is 4.68. The number of hydrogen-bond acceptors (Lipinski definition) is 4. The molecule has 0 spiro atoms. The quantitative estimate of drug-likeness (QED) is 0.642. The number of carbonyl (C=O) groups is 1. The van der Waals surface area contributed by atoms with Gasteiger partial charge in [0.15, 0.2) is 6.29 Å². The summed E-state index contributed by atoms with van der Waals surface area (Å²) in [5.41, 5.74) is 2.46. The molecule has 0 fully saturated rings. The van der Waals surface area contributed by atoms with Crippen LogP contribution in [0, 0.1) is 11.3 Å². The Morgan fingerprint density at radius 2 is 1.91 bits per heavy atom. The molecule has 3 aromatic rings. The molecule has 0 N–H and O–H groups in total. The molecule has 4 heteroatoms. The van der Waals surface area contributed by atoms with Crippen LogP contribution in [0.25, 0.3) is 10.4 Å². The van der Waals surface area contributed by atoms with Crippen molar-refractivity contribution in [1.82, 2.24) is 0 Å². The number of nitriles is 1. The molecule has 0 amide bonds. The number of benzene rings is 2. The summed E-state index contributed by atoms with van der Waals surface area (Å²) in [6.07, 6.45) is 0.822. The van der Waals surface area contributed by atoms with Gasteiger partial charge in [0.1, 0.15) is 23.3 Å². The Labute approximate surface area is 138 Å². The van der Waals surface area contributed by atoms with E-state index in [4.69, 9.17) is 10.00 Å². The molecule has 0 aliphatic heterocycles. The number of rotatable bonds is 5. The maximum absolute atomic E-state index is 11.3. The first-order valence-corrected chi connectivity index (χ1v) is 7.88. The molecule has 1 aromatic heterocycles. The van der Waals surface area contributed by atoms with Gasteiger partial charge in [-0.2, -0.15) is 5.26 Å². The summed E-state index contributed by atoms with van der Waals surface area (Å²) in [4.78, 5) is 12.8. The fraction of sp³-hybridized carbons (Fsp3) is 0.0526. The van der Waals surface area contributed by atoms with Crippen molar-refractivity contribution in [1.29, 1.82) is 5.26 Å². The summed E-state index contributed by atoms with van der Waals surface area (Å²) < 4.78 is 5.81. The summed E-state index contributed by atoms with van der Waals surface area (Å²) in [6.45, 7) is 0.467. The first kappa shape index (κ1) is 15.0. The lowest BCUT2D eigenvalue weighted by Gasteiger charge is -2.09. The number of hydrogen-bond donors (Lipinski definition) is 0. The van der Waals surface area contributed by atoms with E-state index in [0.29, 0.717) is 22.8 Å². The van der Waals surface area contributed by atoms with Crippen LogP contribution < -0.4 is 4.74 Å². The molecule has 0 unspecified atom stereocenters. The Hall–Kier alpha value is -2.90. The normalized spacial score (nSPS) is 10.0. The number of aldehydes is 1. The van der Waals surface area contributed by atoms with Crippen LogP contribution in [0.5, 0.6) is 5.75 Å². The highest BCUT2D eigenvalue weighted by atomic mass is 32.1.